The zero-order valence-electron chi connectivity index (χ0n) is 13.0. The summed E-state index contributed by atoms with van der Waals surface area (Å²) in [5.74, 6) is 0.163. The van der Waals surface area contributed by atoms with Crippen LogP contribution in [0.1, 0.15) is 13.3 Å². The summed E-state index contributed by atoms with van der Waals surface area (Å²) in [5.41, 5.74) is 0. The minimum Gasteiger partial charge on any atom is -0.491 e. The van der Waals surface area contributed by atoms with E-state index in [1.807, 2.05) is 0 Å². The fourth-order valence-electron chi connectivity index (χ4n) is 2.73. The first-order valence-electron chi connectivity index (χ1n) is 7.79. The van der Waals surface area contributed by atoms with Gasteiger partial charge in [-0.15, -0.1) is 0 Å². The van der Waals surface area contributed by atoms with E-state index in [-0.39, 0.29) is 18.5 Å². The number of benzene rings is 1. The molecule has 2 rings (SSSR count). The van der Waals surface area contributed by atoms with Gasteiger partial charge in [-0.25, -0.2) is 4.39 Å². The van der Waals surface area contributed by atoms with Gasteiger partial charge in [-0.2, -0.15) is 0 Å². The predicted octanol–water partition coefficient (Wildman–Crippen LogP) is 2.25. The van der Waals surface area contributed by atoms with E-state index >= 15 is 0 Å². The van der Waals surface area contributed by atoms with Crippen molar-refractivity contribution in [2.24, 2.45) is 0 Å². The fourth-order valence-corrected chi connectivity index (χ4v) is 2.95. The quantitative estimate of drug-likeness (QED) is 0.832. The first-order valence-corrected chi connectivity index (χ1v) is 8.17. The topological polar surface area (TPSA) is 35.9 Å². The molecule has 1 aliphatic rings. The molecule has 1 heterocycles. The van der Waals surface area contributed by atoms with Crippen molar-refractivity contribution < 1.29 is 14.2 Å². The highest BCUT2D eigenvalue weighted by Gasteiger charge is 2.21. The van der Waals surface area contributed by atoms with E-state index in [9.17, 15) is 9.50 Å². The zero-order chi connectivity index (χ0) is 15.9. The highest BCUT2D eigenvalue weighted by atomic mass is 35.5. The van der Waals surface area contributed by atoms with Gasteiger partial charge in [0.15, 0.2) is 0 Å². The molecule has 0 aromatic heterocycles. The van der Waals surface area contributed by atoms with Crippen LogP contribution in [0.2, 0.25) is 5.02 Å². The number of rotatable bonds is 7. The van der Waals surface area contributed by atoms with Crippen molar-refractivity contribution in [1.29, 1.82) is 0 Å². The largest absolute Gasteiger partial charge is 0.491 e. The van der Waals surface area contributed by atoms with Gasteiger partial charge in [0, 0.05) is 38.8 Å². The Balaban J connectivity index is 1.71. The summed E-state index contributed by atoms with van der Waals surface area (Å²) < 4.78 is 18.6. The van der Waals surface area contributed by atoms with Crippen LogP contribution in [-0.2, 0) is 0 Å². The molecule has 4 nitrogen and oxygen atoms in total. The summed E-state index contributed by atoms with van der Waals surface area (Å²) in [6.45, 7) is 7.55. The molecule has 0 amide bonds. The molecule has 1 aliphatic heterocycles. The second-order valence-corrected chi connectivity index (χ2v) is 5.95. The molecule has 0 aliphatic carbocycles. The summed E-state index contributed by atoms with van der Waals surface area (Å²) in [5, 5.41) is 9.65. The standard InChI is InChI=1S/C16H24ClFN2O2/c1-2-14(12-21)20-7-5-19(6-8-20)9-10-22-16-4-3-13(18)11-15(16)17/h3-4,11,14,21H,2,5-10,12H2,1H3. The first-order chi connectivity index (χ1) is 10.6. The number of piperazine rings is 1. The van der Waals surface area contributed by atoms with E-state index < -0.39 is 0 Å². The summed E-state index contributed by atoms with van der Waals surface area (Å²) in [4.78, 5) is 4.67. The van der Waals surface area contributed by atoms with Crippen molar-refractivity contribution >= 4 is 11.6 Å². The molecule has 0 spiro atoms. The van der Waals surface area contributed by atoms with Gasteiger partial charge in [-0.3, -0.25) is 9.80 Å². The van der Waals surface area contributed by atoms with Crippen LogP contribution >= 0.6 is 11.6 Å². The molecule has 1 aromatic rings. The van der Waals surface area contributed by atoms with E-state index in [4.69, 9.17) is 16.3 Å². The molecule has 1 aromatic carbocycles. The second kappa shape index (κ2) is 8.67. The third kappa shape index (κ3) is 4.81. The minimum atomic E-state index is -0.358. The second-order valence-electron chi connectivity index (χ2n) is 5.55. The van der Waals surface area contributed by atoms with E-state index in [2.05, 4.69) is 16.7 Å². The number of nitrogens with zero attached hydrogens (tertiary/aromatic N) is 2. The monoisotopic (exact) mass is 330 g/mol. The van der Waals surface area contributed by atoms with Crippen molar-refractivity contribution in [2.75, 3.05) is 45.9 Å². The minimum absolute atomic E-state index is 0.225. The van der Waals surface area contributed by atoms with Crippen molar-refractivity contribution in [3.8, 4) is 5.75 Å². The van der Waals surface area contributed by atoms with Crippen LogP contribution in [0.25, 0.3) is 0 Å². The molecule has 1 atom stereocenters. The highest BCUT2D eigenvalue weighted by Crippen LogP contribution is 2.24. The fraction of sp³-hybridized carbons (Fsp3) is 0.625. The highest BCUT2D eigenvalue weighted by molar-refractivity contribution is 6.32. The van der Waals surface area contributed by atoms with Crippen molar-refractivity contribution in [2.45, 2.75) is 19.4 Å². The van der Waals surface area contributed by atoms with E-state index in [1.54, 1.807) is 6.07 Å². The summed E-state index contributed by atoms with van der Waals surface area (Å²) >= 11 is 5.93. The number of aliphatic hydroxyl groups is 1. The molecule has 1 N–H and O–H groups in total. The van der Waals surface area contributed by atoms with Crippen LogP contribution in [0, 0.1) is 5.82 Å². The lowest BCUT2D eigenvalue weighted by Crippen LogP contribution is -2.51. The Hall–Kier alpha value is -0.880. The van der Waals surface area contributed by atoms with Crippen LogP contribution in [0.5, 0.6) is 5.75 Å². The Morgan fingerprint density at radius 1 is 1.32 bits per heavy atom. The van der Waals surface area contributed by atoms with Gasteiger partial charge in [0.05, 0.1) is 11.6 Å². The van der Waals surface area contributed by atoms with E-state index in [0.717, 1.165) is 39.1 Å². The van der Waals surface area contributed by atoms with Crippen LogP contribution < -0.4 is 4.74 Å². The number of hydrogen-bond donors (Lipinski definition) is 1. The van der Waals surface area contributed by atoms with Crippen LogP contribution in [0.4, 0.5) is 4.39 Å². The summed E-state index contributed by atoms with van der Waals surface area (Å²) in [6, 6.07) is 4.44. The smallest absolute Gasteiger partial charge is 0.138 e. The Morgan fingerprint density at radius 2 is 2.05 bits per heavy atom. The van der Waals surface area contributed by atoms with Crippen molar-refractivity contribution in [1.82, 2.24) is 9.80 Å². The molecule has 1 fully saturated rings. The first kappa shape index (κ1) is 17.5. The molecular formula is C16H24ClFN2O2. The molecule has 124 valence electrons. The number of aliphatic hydroxyl groups excluding tert-OH is 1. The number of halogens is 2. The van der Waals surface area contributed by atoms with Gasteiger partial charge in [-0.05, 0) is 24.6 Å². The molecule has 22 heavy (non-hydrogen) atoms. The molecule has 6 heteroatoms. The van der Waals surface area contributed by atoms with E-state index in [0.29, 0.717) is 17.4 Å². The maximum atomic E-state index is 13.0. The Morgan fingerprint density at radius 3 is 2.64 bits per heavy atom. The molecule has 1 saturated heterocycles. The molecular weight excluding hydrogens is 307 g/mol. The number of hydrogen-bond acceptors (Lipinski definition) is 4. The van der Waals surface area contributed by atoms with Gasteiger partial charge in [0.1, 0.15) is 18.2 Å². The van der Waals surface area contributed by atoms with Crippen LogP contribution in [0.15, 0.2) is 18.2 Å². The average Bonchev–Trinajstić information content (AvgIpc) is 2.52. The molecule has 1 unspecified atom stereocenters. The average molecular weight is 331 g/mol. The van der Waals surface area contributed by atoms with Gasteiger partial charge < -0.3 is 9.84 Å². The normalized spacial score (nSPS) is 18.4. The SMILES string of the molecule is CCC(CO)N1CCN(CCOc2ccc(F)cc2Cl)CC1. The third-order valence-electron chi connectivity index (χ3n) is 4.16. The maximum absolute atomic E-state index is 13.0. The van der Waals surface area contributed by atoms with Gasteiger partial charge in [0.2, 0.25) is 0 Å². The van der Waals surface area contributed by atoms with Gasteiger partial charge >= 0.3 is 0 Å². The third-order valence-corrected chi connectivity index (χ3v) is 4.46. The molecule has 0 saturated carbocycles. The lowest BCUT2D eigenvalue weighted by atomic mass is 10.1. The number of ether oxygens (including phenoxy) is 1. The summed E-state index contributed by atoms with van der Waals surface area (Å²) in [7, 11) is 0. The van der Waals surface area contributed by atoms with Crippen molar-refractivity contribution in [3.63, 3.8) is 0 Å². The van der Waals surface area contributed by atoms with Crippen LogP contribution in [-0.4, -0.2) is 66.9 Å². The molecule has 0 bridgehead atoms. The Kier molecular flexibility index (Phi) is 6.89. The van der Waals surface area contributed by atoms with Gasteiger partial charge in [-0.1, -0.05) is 18.5 Å². The van der Waals surface area contributed by atoms with Crippen LogP contribution in [0.3, 0.4) is 0 Å². The van der Waals surface area contributed by atoms with E-state index in [1.165, 1.54) is 12.1 Å². The Bertz CT molecular complexity index is 463. The summed E-state index contributed by atoms with van der Waals surface area (Å²) in [6.07, 6.45) is 0.975. The maximum Gasteiger partial charge on any atom is 0.138 e. The Labute approximate surface area is 136 Å². The predicted molar refractivity (Wildman–Crippen MR) is 86.1 cm³/mol. The zero-order valence-corrected chi connectivity index (χ0v) is 13.7. The lowest BCUT2D eigenvalue weighted by Gasteiger charge is -2.38. The molecule has 0 radical (unpaired) electrons. The lowest BCUT2D eigenvalue weighted by molar-refractivity contribution is 0.0584. The van der Waals surface area contributed by atoms with Gasteiger partial charge in [0.25, 0.3) is 0 Å². The van der Waals surface area contributed by atoms with Crippen molar-refractivity contribution in [3.05, 3.63) is 29.0 Å².